The number of carbonyl (C=O) groups is 2. The molecule has 5 nitrogen and oxygen atoms in total. The van der Waals surface area contributed by atoms with Crippen molar-refractivity contribution in [3.63, 3.8) is 0 Å². The average Bonchev–Trinajstić information content (AvgIpc) is 3.22. The summed E-state index contributed by atoms with van der Waals surface area (Å²) >= 11 is 3.25. The van der Waals surface area contributed by atoms with Crippen LogP contribution in [-0.4, -0.2) is 26.9 Å². The zero-order valence-electron chi connectivity index (χ0n) is 16.0. The molecule has 28 heavy (non-hydrogen) atoms. The van der Waals surface area contributed by atoms with Crippen LogP contribution in [0.15, 0.2) is 29.3 Å². The number of nitrogens with zero attached hydrogens (tertiary/aromatic N) is 2. The maximum absolute atomic E-state index is 12.7. The maximum Gasteiger partial charge on any atom is 0.237 e. The Morgan fingerprint density at radius 1 is 1.18 bits per heavy atom. The monoisotopic (exact) mass is 411 g/mol. The zero-order chi connectivity index (χ0) is 19.8. The lowest BCUT2D eigenvalue weighted by Gasteiger charge is -2.13. The van der Waals surface area contributed by atoms with Gasteiger partial charge in [-0.15, -0.1) is 11.3 Å². The second kappa shape index (κ2) is 7.64. The van der Waals surface area contributed by atoms with E-state index in [1.807, 2.05) is 13.8 Å². The molecule has 4 rings (SSSR count). The topological polar surface area (TPSA) is 72.0 Å². The van der Waals surface area contributed by atoms with Crippen molar-refractivity contribution < 1.29 is 9.59 Å². The Labute approximate surface area is 172 Å². The average molecular weight is 412 g/mol. The predicted molar refractivity (Wildman–Crippen MR) is 115 cm³/mol. The van der Waals surface area contributed by atoms with Crippen LogP contribution in [0.2, 0.25) is 0 Å². The third-order valence-electron chi connectivity index (χ3n) is 4.86. The fourth-order valence-electron chi connectivity index (χ4n) is 3.40. The lowest BCUT2D eigenvalue weighted by atomic mass is 10.1. The van der Waals surface area contributed by atoms with Crippen molar-refractivity contribution in [1.82, 2.24) is 9.97 Å². The number of ketones is 1. The number of hydrogen-bond donors (Lipinski definition) is 1. The van der Waals surface area contributed by atoms with Crippen LogP contribution >= 0.6 is 23.1 Å². The first kappa shape index (κ1) is 19.1. The lowest BCUT2D eigenvalue weighted by Crippen LogP contribution is -2.22. The minimum atomic E-state index is -0.304. The molecule has 0 fully saturated rings. The Bertz CT molecular complexity index is 1070. The van der Waals surface area contributed by atoms with Gasteiger partial charge in [-0.2, -0.15) is 0 Å². The molecule has 0 unspecified atom stereocenters. The molecule has 0 saturated carbocycles. The Hall–Kier alpha value is -2.25. The van der Waals surface area contributed by atoms with Crippen molar-refractivity contribution in [2.24, 2.45) is 0 Å². The highest BCUT2D eigenvalue weighted by Crippen LogP contribution is 2.41. The number of anilines is 1. The van der Waals surface area contributed by atoms with Gasteiger partial charge in [0, 0.05) is 21.5 Å². The summed E-state index contributed by atoms with van der Waals surface area (Å²) in [4.78, 5) is 35.8. The molecule has 2 heterocycles. The molecular formula is C21H21N3O2S2. The SMILES string of the molecule is CC(=O)c1ccc(NC(=O)[C@@H](C)Sc2nc(C)nc3sc4c(c23)CCC4)cc1. The molecular weight excluding hydrogens is 390 g/mol. The maximum atomic E-state index is 12.7. The number of amides is 1. The van der Waals surface area contributed by atoms with E-state index in [-0.39, 0.29) is 16.9 Å². The van der Waals surface area contributed by atoms with Crippen LogP contribution in [0.1, 0.15) is 46.9 Å². The van der Waals surface area contributed by atoms with E-state index < -0.39 is 0 Å². The van der Waals surface area contributed by atoms with Crippen molar-refractivity contribution in [2.45, 2.75) is 50.3 Å². The summed E-state index contributed by atoms with van der Waals surface area (Å²) < 4.78 is 0. The number of aryl methyl sites for hydroxylation is 3. The number of thioether (sulfide) groups is 1. The molecule has 3 aromatic rings. The summed E-state index contributed by atoms with van der Waals surface area (Å²) in [6.07, 6.45) is 3.37. The number of fused-ring (bicyclic) bond motifs is 3. The van der Waals surface area contributed by atoms with E-state index in [2.05, 4.69) is 15.3 Å². The number of rotatable bonds is 5. The standard InChI is InChI=1S/C21H21N3O2S2/c1-11(25)14-7-9-15(10-8-14)24-19(26)12(2)27-20-18-16-5-4-6-17(16)28-21(18)23-13(3)22-20/h7-10,12H,4-6H2,1-3H3,(H,24,26)/t12-/m1/s1. The minimum Gasteiger partial charge on any atom is -0.325 e. The van der Waals surface area contributed by atoms with Gasteiger partial charge in [-0.3, -0.25) is 9.59 Å². The molecule has 7 heteroatoms. The van der Waals surface area contributed by atoms with Gasteiger partial charge in [-0.05, 0) is 69.9 Å². The molecule has 1 atom stereocenters. The minimum absolute atomic E-state index is 0.00763. The molecule has 0 aliphatic heterocycles. The number of hydrogen-bond acceptors (Lipinski definition) is 6. The summed E-state index contributed by atoms with van der Waals surface area (Å²) in [5, 5.41) is 4.66. The third kappa shape index (κ3) is 3.69. The smallest absolute Gasteiger partial charge is 0.237 e. The van der Waals surface area contributed by atoms with Crippen LogP contribution in [-0.2, 0) is 17.6 Å². The highest BCUT2D eigenvalue weighted by molar-refractivity contribution is 8.00. The van der Waals surface area contributed by atoms with Crippen LogP contribution in [0.4, 0.5) is 5.69 Å². The van der Waals surface area contributed by atoms with E-state index in [1.54, 1.807) is 35.6 Å². The van der Waals surface area contributed by atoms with Crippen LogP contribution < -0.4 is 5.32 Å². The van der Waals surface area contributed by atoms with E-state index >= 15 is 0 Å². The Balaban J connectivity index is 1.54. The van der Waals surface area contributed by atoms with Crippen LogP contribution in [0.3, 0.4) is 0 Å². The van der Waals surface area contributed by atoms with Crippen molar-refractivity contribution in [3.8, 4) is 0 Å². The molecule has 0 saturated heterocycles. The molecule has 0 radical (unpaired) electrons. The molecule has 1 amide bonds. The number of thiophene rings is 1. The van der Waals surface area contributed by atoms with E-state index in [4.69, 9.17) is 0 Å². The van der Waals surface area contributed by atoms with Gasteiger partial charge in [0.1, 0.15) is 15.7 Å². The number of Topliss-reactive ketones (excluding diaryl/α,β-unsaturated/α-hetero) is 1. The van der Waals surface area contributed by atoms with E-state index in [9.17, 15) is 9.59 Å². The largest absolute Gasteiger partial charge is 0.325 e. The van der Waals surface area contributed by atoms with Crippen molar-refractivity contribution in [3.05, 3.63) is 46.1 Å². The fraction of sp³-hybridized carbons (Fsp3) is 0.333. The van der Waals surface area contributed by atoms with Crippen LogP contribution in [0.5, 0.6) is 0 Å². The normalized spacial score (nSPS) is 14.1. The van der Waals surface area contributed by atoms with Crippen molar-refractivity contribution in [2.75, 3.05) is 5.32 Å². The Morgan fingerprint density at radius 2 is 1.93 bits per heavy atom. The molecule has 0 spiro atoms. The fourth-order valence-corrected chi connectivity index (χ4v) is 5.80. The van der Waals surface area contributed by atoms with E-state index in [1.165, 1.54) is 35.5 Å². The Morgan fingerprint density at radius 3 is 2.64 bits per heavy atom. The highest BCUT2D eigenvalue weighted by Gasteiger charge is 2.24. The Kier molecular flexibility index (Phi) is 5.21. The second-order valence-electron chi connectivity index (χ2n) is 7.00. The third-order valence-corrected chi connectivity index (χ3v) is 7.13. The first-order valence-corrected chi connectivity index (χ1v) is 11.0. The van der Waals surface area contributed by atoms with Gasteiger partial charge in [0.25, 0.3) is 0 Å². The number of nitrogens with one attached hydrogen (secondary N) is 1. The number of carbonyl (C=O) groups excluding carboxylic acids is 2. The van der Waals surface area contributed by atoms with Gasteiger partial charge in [0.2, 0.25) is 5.91 Å². The van der Waals surface area contributed by atoms with Gasteiger partial charge in [0.05, 0.1) is 5.25 Å². The number of aromatic nitrogens is 2. The lowest BCUT2D eigenvalue weighted by molar-refractivity contribution is -0.115. The first-order chi connectivity index (χ1) is 13.4. The van der Waals surface area contributed by atoms with E-state index in [0.717, 1.165) is 33.9 Å². The van der Waals surface area contributed by atoms with Crippen LogP contribution in [0.25, 0.3) is 10.2 Å². The van der Waals surface area contributed by atoms with Gasteiger partial charge in [-0.25, -0.2) is 9.97 Å². The van der Waals surface area contributed by atoms with Gasteiger partial charge >= 0.3 is 0 Å². The van der Waals surface area contributed by atoms with Crippen LogP contribution in [0, 0.1) is 6.92 Å². The van der Waals surface area contributed by atoms with Crippen molar-refractivity contribution in [1.29, 1.82) is 0 Å². The van der Waals surface area contributed by atoms with Gasteiger partial charge in [0.15, 0.2) is 5.78 Å². The van der Waals surface area contributed by atoms with E-state index in [0.29, 0.717) is 11.3 Å². The number of benzene rings is 1. The quantitative estimate of drug-likeness (QED) is 0.371. The molecule has 1 aliphatic carbocycles. The summed E-state index contributed by atoms with van der Waals surface area (Å²) in [6.45, 7) is 5.31. The predicted octanol–water partition coefficient (Wildman–Crippen LogP) is 4.81. The van der Waals surface area contributed by atoms with Gasteiger partial charge in [-0.1, -0.05) is 11.8 Å². The summed E-state index contributed by atoms with van der Waals surface area (Å²) in [6, 6.07) is 6.96. The summed E-state index contributed by atoms with van der Waals surface area (Å²) in [5.74, 6) is 0.660. The summed E-state index contributed by atoms with van der Waals surface area (Å²) in [5.41, 5.74) is 2.68. The molecule has 1 N–H and O–H groups in total. The first-order valence-electron chi connectivity index (χ1n) is 9.30. The molecule has 2 aromatic heterocycles. The second-order valence-corrected chi connectivity index (χ2v) is 9.41. The summed E-state index contributed by atoms with van der Waals surface area (Å²) in [7, 11) is 0. The molecule has 0 bridgehead atoms. The van der Waals surface area contributed by atoms with Crippen molar-refractivity contribution >= 4 is 50.7 Å². The molecule has 1 aliphatic rings. The zero-order valence-corrected chi connectivity index (χ0v) is 17.7. The molecule has 1 aromatic carbocycles. The molecule has 144 valence electrons. The van der Waals surface area contributed by atoms with Gasteiger partial charge < -0.3 is 5.32 Å². The highest BCUT2D eigenvalue weighted by atomic mass is 32.2.